The molecule has 1 radical (unpaired) electrons. The molecule has 0 unspecified atom stereocenters. The Morgan fingerprint density at radius 3 is 2.17 bits per heavy atom. The van der Waals surface area contributed by atoms with Gasteiger partial charge < -0.3 is 0 Å². The Morgan fingerprint density at radius 2 is 2.00 bits per heavy atom. The van der Waals surface area contributed by atoms with E-state index in [1.807, 2.05) is 0 Å². The monoisotopic (exact) mass is 82.0 g/mol. The van der Waals surface area contributed by atoms with Crippen LogP contribution in [0.5, 0.6) is 0 Å². The van der Waals surface area contributed by atoms with Gasteiger partial charge in [-0.2, -0.15) is 0 Å². The second-order valence-electron chi connectivity index (χ2n) is 0.394. The number of hydrogen-bond donors (Lipinski definition) is 1. The molecule has 1 N–H and O–H groups in total. The fourth-order valence-electron chi connectivity index (χ4n) is 0.0431. The maximum atomic E-state index is 5.96. The third-order valence-corrected chi connectivity index (χ3v) is 0.136. The van der Waals surface area contributed by atoms with Crippen LogP contribution in [0.1, 0.15) is 0 Å². The molecule has 0 amide bonds. The molecule has 6 heteroatoms. The Hall–Kier alpha value is -0.935. The molecule has 5 nitrogen and oxygen atoms in total. The Balaban J connectivity index is 3.17. The van der Waals surface area contributed by atoms with Crippen LogP contribution >= 0.6 is 0 Å². The van der Waals surface area contributed by atoms with E-state index in [-0.39, 0.29) is 0 Å². The van der Waals surface area contributed by atoms with Gasteiger partial charge in [0.2, 0.25) is 0 Å². The van der Waals surface area contributed by atoms with Gasteiger partial charge in [-0.25, -0.2) is 0 Å². The normalized spacial score (nSPS) is 8.50. The first-order valence-electron chi connectivity index (χ1n) is 1.08. The van der Waals surface area contributed by atoms with Gasteiger partial charge in [0.15, 0.2) is 0 Å². The van der Waals surface area contributed by atoms with Crippen molar-refractivity contribution in [1.29, 1.82) is 5.53 Å². The zero-order valence-corrected chi connectivity index (χ0v) is 2.87. The van der Waals surface area contributed by atoms with Crippen LogP contribution in [-0.4, -0.2) is 7.64 Å². The van der Waals surface area contributed by atoms with Crippen LogP contribution in [0.4, 0.5) is 0 Å². The average Bonchev–Trinajstić information content (AvgIpc) is 1.61. The van der Waals surface area contributed by atoms with Crippen LogP contribution in [0.2, 0.25) is 0 Å². The first kappa shape index (κ1) is 5.06. The van der Waals surface area contributed by atoms with E-state index < -0.39 is 0 Å². The summed E-state index contributed by atoms with van der Waals surface area (Å²) in [6, 6.07) is 0. The zero-order chi connectivity index (χ0) is 4.83. The van der Waals surface area contributed by atoms with Crippen LogP contribution in [0.15, 0.2) is 20.7 Å². The third kappa shape index (κ3) is 3.06. The molecule has 0 aromatic rings. The minimum absolute atomic E-state index is 2.46. The summed E-state index contributed by atoms with van der Waals surface area (Å²) in [7, 11) is 4.44. The molecule has 0 aliphatic rings. The quantitative estimate of drug-likeness (QED) is 0.288. The molecule has 0 spiro atoms. The van der Waals surface area contributed by atoms with Crippen molar-refractivity contribution in [2.24, 2.45) is 20.7 Å². The summed E-state index contributed by atoms with van der Waals surface area (Å²) < 4.78 is 0. The fourth-order valence-corrected chi connectivity index (χ4v) is 0.0431. The van der Waals surface area contributed by atoms with Crippen LogP contribution < -0.4 is 0 Å². The maximum absolute atomic E-state index is 5.96. The molecule has 6 heavy (non-hydrogen) atoms. The van der Waals surface area contributed by atoms with Gasteiger partial charge in [0.1, 0.15) is 0 Å². The SMILES string of the molecule is [B]=N/N=N/N=N. The van der Waals surface area contributed by atoms with E-state index in [0.717, 1.165) is 0 Å². The van der Waals surface area contributed by atoms with Gasteiger partial charge in [-0.3, -0.25) is 0 Å². The minimum atomic E-state index is 2.46. The molecule has 0 aromatic heterocycles. The van der Waals surface area contributed by atoms with Gasteiger partial charge in [-0.15, -0.1) is 0 Å². The van der Waals surface area contributed by atoms with E-state index in [4.69, 9.17) is 5.53 Å². The molecule has 0 heterocycles. The van der Waals surface area contributed by atoms with Crippen molar-refractivity contribution in [3.05, 3.63) is 0 Å². The first-order chi connectivity index (χ1) is 2.91. The molecule has 0 rings (SSSR count). The van der Waals surface area contributed by atoms with E-state index in [2.05, 4.69) is 28.3 Å². The second-order valence-corrected chi connectivity index (χ2v) is 0.394. The predicted octanol–water partition coefficient (Wildman–Crippen LogP) is 0.652. The molecule has 0 aliphatic heterocycles. The summed E-state index contributed by atoms with van der Waals surface area (Å²) >= 11 is 0. The second kappa shape index (κ2) is 4.06. The van der Waals surface area contributed by atoms with Crippen molar-refractivity contribution >= 4 is 7.64 Å². The predicted molar refractivity (Wildman–Crippen MR) is 18.2 cm³/mol. The van der Waals surface area contributed by atoms with E-state index in [9.17, 15) is 0 Å². The van der Waals surface area contributed by atoms with E-state index in [1.54, 1.807) is 0 Å². The van der Waals surface area contributed by atoms with Crippen molar-refractivity contribution < 1.29 is 0 Å². The summed E-state index contributed by atoms with van der Waals surface area (Å²) in [5, 5.41) is 10.6. The van der Waals surface area contributed by atoms with Gasteiger partial charge in [0.25, 0.3) is 0 Å². The molecule has 0 bridgehead atoms. The third-order valence-electron chi connectivity index (χ3n) is 0.136. The summed E-state index contributed by atoms with van der Waals surface area (Å²) in [4.78, 5) is 0. The standard InChI is InChI=1S/BHN5/c1-3-5-6-4-2/h2H/b4-2?,6-5+. The molecule has 0 atom stereocenters. The van der Waals surface area contributed by atoms with Crippen LogP contribution in [0.25, 0.3) is 0 Å². The van der Waals surface area contributed by atoms with Crippen molar-refractivity contribution in [3.63, 3.8) is 0 Å². The summed E-state index contributed by atoms with van der Waals surface area (Å²) in [5.74, 6) is 0. The topological polar surface area (TPSA) is 73.3 Å². The van der Waals surface area contributed by atoms with Gasteiger partial charge in [-0.1, -0.05) is 0 Å². The van der Waals surface area contributed by atoms with Crippen LogP contribution in [-0.2, 0) is 0 Å². The molecule has 0 aliphatic carbocycles. The van der Waals surface area contributed by atoms with E-state index >= 15 is 0 Å². The fraction of sp³-hybridized carbons (Fsp3) is 0. The molecular formula is HBN5. The van der Waals surface area contributed by atoms with Crippen LogP contribution in [0.3, 0.4) is 0 Å². The van der Waals surface area contributed by atoms with Gasteiger partial charge in [0.05, 0.1) is 0 Å². The van der Waals surface area contributed by atoms with E-state index in [0.29, 0.717) is 0 Å². The summed E-state index contributed by atoms with van der Waals surface area (Å²) in [6.45, 7) is 0. The van der Waals surface area contributed by atoms with Crippen molar-refractivity contribution in [3.8, 4) is 0 Å². The van der Waals surface area contributed by atoms with Crippen molar-refractivity contribution in [1.82, 2.24) is 0 Å². The summed E-state index contributed by atoms with van der Waals surface area (Å²) in [5.41, 5.74) is 5.96. The van der Waals surface area contributed by atoms with E-state index in [1.165, 1.54) is 0 Å². The molecular weight excluding hydrogens is 80.8 g/mol. The number of nitrogens with one attached hydrogen (secondary N) is 1. The molecule has 29 valence electrons. The Bertz CT molecular complexity index is 62.0. The number of nitrogens with zero attached hydrogens (tertiary/aromatic N) is 4. The Kier molecular flexibility index (Phi) is 3.43. The molecule has 0 aromatic carbocycles. The van der Waals surface area contributed by atoms with Gasteiger partial charge in [0, 0.05) is 0 Å². The zero-order valence-electron chi connectivity index (χ0n) is 2.87. The first-order valence-corrected chi connectivity index (χ1v) is 1.08. The average molecular weight is 81.9 g/mol. The molecule has 0 fully saturated rings. The van der Waals surface area contributed by atoms with Gasteiger partial charge >= 0.3 is 33.8 Å². The number of rotatable bonds is 2. The van der Waals surface area contributed by atoms with Crippen molar-refractivity contribution in [2.45, 2.75) is 0 Å². The molecule has 0 saturated carbocycles. The Morgan fingerprint density at radius 1 is 1.33 bits per heavy atom. The number of hydrogen-bond acceptors (Lipinski definition) is 2. The Labute approximate surface area is 35.0 Å². The van der Waals surface area contributed by atoms with Crippen LogP contribution in [0, 0.1) is 5.53 Å². The summed E-state index contributed by atoms with van der Waals surface area (Å²) in [6.07, 6.45) is 0. The molecule has 0 saturated heterocycles. The van der Waals surface area contributed by atoms with Gasteiger partial charge in [-0.05, 0) is 0 Å². The van der Waals surface area contributed by atoms with Crippen molar-refractivity contribution in [2.75, 3.05) is 0 Å².